The molecule has 1 atom stereocenters. The van der Waals surface area contributed by atoms with Crippen LogP contribution in [0.4, 0.5) is 0 Å². The van der Waals surface area contributed by atoms with Crippen LogP contribution >= 0.6 is 0 Å². The van der Waals surface area contributed by atoms with Crippen molar-refractivity contribution in [3.63, 3.8) is 0 Å². The molecular weight excluding hydrogens is 214 g/mol. The number of carboxylic acids is 1. The molecule has 0 aliphatic rings. The number of carbonyl (C=O) groups is 1. The quantitative estimate of drug-likeness (QED) is 0.119. The zero-order chi connectivity index (χ0) is 12.6. The van der Waals surface area contributed by atoms with E-state index < -0.39 is 12.0 Å². The SMILES string of the molecule is C/C(=N\O)N(CO)CCCCC(N)C(=O)O. The molecule has 0 amide bonds. The van der Waals surface area contributed by atoms with Crippen LogP contribution in [0.3, 0.4) is 0 Å². The Morgan fingerprint density at radius 1 is 1.50 bits per heavy atom. The predicted octanol–water partition coefficient (Wildman–Crippen LogP) is -0.372. The highest BCUT2D eigenvalue weighted by Gasteiger charge is 2.11. The first-order chi connectivity index (χ1) is 7.52. The second kappa shape index (κ2) is 7.89. The number of nitrogens with two attached hydrogens (primary N) is 1. The Kier molecular flexibility index (Phi) is 7.23. The molecule has 16 heavy (non-hydrogen) atoms. The van der Waals surface area contributed by atoms with Crippen molar-refractivity contribution in [1.29, 1.82) is 0 Å². The molecule has 0 fully saturated rings. The molecule has 0 rings (SSSR count). The zero-order valence-corrected chi connectivity index (χ0v) is 9.33. The van der Waals surface area contributed by atoms with E-state index in [2.05, 4.69) is 5.16 Å². The lowest BCUT2D eigenvalue weighted by atomic mass is 10.1. The molecule has 0 aliphatic carbocycles. The summed E-state index contributed by atoms with van der Waals surface area (Å²) in [4.78, 5) is 11.9. The molecular formula is C9H19N3O4. The summed E-state index contributed by atoms with van der Waals surface area (Å²) in [5.41, 5.74) is 5.33. The van der Waals surface area contributed by atoms with Gasteiger partial charge in [-0.2, -0.15) is 0 Å². The minimum Gasteiger partial charge on any atom is -0.480 e. The number of unbranched alkanes of at least 4 members (excludes halogenated alkanes) is 1. The number of amidine groups is 1. The van der Waals surface area contributed by atoms with Gasteiger partial charge in [-0.1, -0.05) is 5.16 Å². The lowest BCUT2D eigenvalue weighted by molar-refractivity contribution is -0.138. The minimum absolute atomic E-state index is 0.235. The molecule has 0 spiro atoms. The van der Waals surface area contributed by atoms with Gasteiger partial charge in [-0.25, -0.2) is 0 Å². The normalized spacial score (nSPS) is 13.6. The van der Waals surface area contributed by atoms with Gasteiger partial charge in [0.15, 0.2) is 0 Å². The second-order valence-electron chi connectivity index (χ2n) is 3.49. The topological polar surface area (TPSA) is 119 Å². The minimum atomic E-state index is -1.01. The standard InChI is InChI=1S/C9H19N3O4/c1-7(11-16)12(6-13)5-3-2-4-8(10)9(14)15/h8,13,16H,2-6,10H2,1H3,(H,14,15)/b11-7+. The summed E-state index contributed by atoms with van der Waals surface area (Å²) in [6.45, 7) is 1.83. The molecule has 5 N–H and O–H groups in total. The van der Waals surface area contributed by atoms with Crippen LogP contribution < -0.4 is 5.73 Å². The van der Waals surface area contributed by atoms with Crippen LogP contribution in [0.15, 0.2) is 5.16 Å². The van der Waals surface area contributed by atoms with Crippen molar-refractivity contribution in [3.8, 4) is 0 Å². The third-order valence-corrected chi connectivity index (χ3v) is 2.28. The molecule has 0 radical (unpaired) electrons. The van der Waals surface area contributed by atoms with E-state index in [-0.39, 0.29) is 6.73 Å². The van der Waals surface area contributed by atoms with E-state index in [1.807, 2.05) is 0 Å². The molecule has 0 aromatic rings. The number of aliphatic hydroxyl groups excluding tert-OH is 1. The third kappa shape index (κ3) is 5.52. The van der Waals surface area contributed by atoms with Crippen molar-refractivity contribution in [2.24, 2.45) is 10.9 Å². The summed E-state index contributed by atoms with van der Waals surface area (Å²) < 4.78 is 0. The van der Waals surface area contributed by atoms with Crippen LogP contribution in [0.5, 0.6) is 0 Å². The number of hydrogen-bond donors (Lipinski definition) is 4. The van der Waals surface area contributed by atoms with Gasteiger partial charge in [0.2, 0.25) is 0 Å². The number of carboxylic acid groups (broad SMARTS) is 1. The molecule has 0 saturated heterocycles. The molecule has 0 aromatic carbocycles. The van der Waals surface area contributed by atoms with Crippen LogP contribution in [-0.4, -0.2) is 51.4 Å². The molecule has 7 heteroatoms. The fourth-order valence-corrected chi connectivity index (χ4v) is 1.19. The highest BCUT2D eigenvalue weighted by Crippen LogP contribution is 2.02. The number of hydrogen-bond acceptors (Lipinski definition) is 5. The van der Waals surface area contributed by atoms with Crippen LogP contribution in [0, 0.1) is 0 Å². The van der Waals surface area contributed by atoms with Crippen LogP contribution in [0.2, 0.25) is 0 Å². The summed E-state index contributed by atoms with van der Waals surface area (Å²) in [6, 6.07) is -0.838. The van der Waals surface area contributed by atoms with Crippen molar-refractivity contribution in [1.82, 2.24) is 4.90 Å². The van der Waals surface area contributed by atoms with E-state index in [0.29, 0.717) is 31.6 Å². The Balaban J connectivity index is 3.76. The number of nitrogens with zero attached hydrogens (tertiary/aromatic N) is 2. The van der Waals surface area contributed by atoms with Crippen molar-refractivity contribution < 1.29 is 20.2 Å². The lowest BCUT2D eigenvalue weighted by Gasteiger charge is -2.20. The first-order valence-corrected chi connectivity index (χ1v) is 5.05. The van der Waals surface area contributed by atoms with E-state index in [1.54, 1.807) is 6.92 Å². The number of oxime groups is 1. The summed E-state index contributed by atoms with van der Waals surface area (Å²) in [5.74, 6) is -0.683. The summed E-state index contributed by atoms with van der Waals surface area (Å²) >= 11 is 0. The average molecular weight is 233 g/mol. The molecule has 0 saturated carbocycles. The number of rotatable bonds is 7. The molecule has 0 heterocycles. The van der Waals surface area contributed by atoms with Crippen molar-refractivity contribution in [2.45, 2.75) is 32.2 Å². The number of aliphatic carboxylic acids is 1. The third-order valence-electron chi connectivity index (χ3n) is 2.28. The Bertz CT molecular complexity index is 245. The van der Waals surface area contributed by atoms with Gasteiger partial charge < -0.3 is 26.1 Å². The van der Waals surface area contributed by atoms with Gasteiger partial charge >= 0.3 is 5.97 Å². The number of aliphatic hydroxyl groups is 1. The van der Waals surface area contributed by atoms with Crippen LogP contribution in [0.1, 0.15) is 26.2 Å². The van der Waals surface area contributed by atoms with Gasteiger partial charge in [0.1, 0.15) is 18.6 Å². The van der Waals surface area contributed by atoms with Crippen molar-refractivity contribution in [2.75, 3.05) is 13.3 Å². The van der Waals surface area contributed by atoms with Crippen molar-refractivity contribution in [3.05, 3.63) is 0 Å². The summed E-state index contributed by atoms with van der Waals surface area (Å²) in [7, 11) is 0. The van der Waals surface area contributed by atoms with Crippen molar-refractivity contribution >= 4 is 11.8 Å². The first kappa shape index (κ1) is 14.7. The predicted molar refractivity (Wildman–Crippen MR) is 58.1 cm³/mol. The maximum atomic E-state index is 10.4. The van der Waals surface area contributed by atoms with Gasteiger partial charge in [0.25, 0.3) is 0 Å². The molecule has 1 unspecified atom stereocenters. The maximum absolute atomic E-state index is 10.4. The van der Waals surface area contributed by atoms with Gasteiger partial charge in [-0.05, 0) is 26.2 Å². The monoisotopic (exact) mass is 233 g/mol. The highest BCUT2D eigenvalue weighted by molar-refractivity contribution is 5.78. The van der Waals surface area contributed by atoms with E-state index in [0.717, 1.165) is 0 Å². The lowest BCUT2D eigenvalue weighted by Crippen LogP contribution is -2.32. The second-order valence-corrected chi connectivity index (χ2v) is 3.49. The van der Waals surface area contributed by atoms with E-state index in [9.17, 15) is 4.79 Å². The van der Waals surface area contributed by atoms with E-state index in [4.69, 9.17) is 21.2 Å². The van der Waals surface area contributed by atoms with Crippen LogP contribution in [0.25, 0.3) is 0 Å². The fourth-order valence-electron chi connectivity index (χ4n) is 1.19. The Labute approximate surface area is 94.2 Å². The van der Waals surface area contributed by atoms with E-state index in [1.165, 1.54) is 4.90 Å². The highest BCUT2D eigenvalue weighted by atomic mass is 16.4. The molecule has 7 nitrogen and oxygen atoms in total. The molecule has 0 aliphatic heterocycles. The zero-order valence-electron chi connectivity index (χ0n) is 9.33. The average Bonchev–Trinajstić information content (AvgIpc) is 2.27. The molecule has 0 aromatic heterocycles. The Hall–Kier alpha value is -1.34. The fraction of sp³-hybridized carbons (Fsp3) is 0.778. The molecule has 94 valence electrons. The van der Waals surface area contributed by atoms with Crippen LogP contribution in [-0.2, 0) is 4.79 Å². The maximum Gasteiger partial charge on any atom is 0.320 e. The van der Waals surface area contributed by atoms with Gasteiger partial charge in [0.05, 0.1) is 0 Å². The molecule has 0 bridgehead atoms. The Morgan fingerprint density at radius 2 is 2.12 bits per heavy atom. The van der Waals surface area contributed by atoms with E-state index >= 15 is 0 Å². The van der Waals surface area contributed by atoms with Gasteiger partial charge in [-0.15, -0.1) is 0 Å². The summed E-state index contributed by atoms with van der Waals surface area (Å²) in [6.07, 6.45) is 1.71. The summed E-state index contributed by atoms with van der Waals surface area (Å²) in [5, 5.41) is 28.9. The first-order valence-electron chi connectivity index (χ1n) is 5.05. The smallest absolute Gasteiger partial charge is 0.320 e. The van der Waals surface area contributed by atoms with Gasteiger partial charge in [0, 0.05) is 6.54 Å². The Morgan fingerprint density at radius 3 is 2.56 bits per heavy atom. The van der Waals surface area contributed by atoms with Gasteiger partial charge in [-0.3, -0.25) is 4.79 Å². The largest absolute Gasteiger partial charge is 0.480 e.